The lowest BCUT2D eigenvalue weighted by molar-refractivity contribution is 0.141. The number of aromatic nitrogens is 1. The van der Waals surface area contributed by atoms with Crippen LogP contribution in [0.15, 0.2) is 0 Å². The molecule has 1 aromatic rings. The third kappa shape index (κ3) is 3.29. The van der Waals surface area contributed by atoms with Gasteiger partial charge in [0.15, 0.2) is 0 Å². The Balaban J connectivity index is 2.90. The van der Waals surface area contributed by atoms with E-state index in [4.69, 9.17) is 4.74 Å². The molecule has 1 unspecified atom stereocenters. The first kappa shape index (κ1) is 13.7. The summed E-state index contributed by atoms with van der Waals surface area (Å²) < 4.78 is 56.9. The summed E-state index contributed by atoms with van der Waals surface area (Å²) in [7, 11) is 0. The van der Waals surface area contributed by atoms with E-state index in [1.54, 1.807) is 13.8 Å². The molecule has 0 spiro atoms. The Hall–Kier alpha value is -1.37. The fraction of sp³-hybridized carbons (Fsp3) is 0.500. The Bertz CT molecular complexity index is 374. The predicted octanol–water partition coefficient (Wildman–Crippen LogP) is 2.47. The molecule has 0 saturated carbocycles. The zero-order valence-electron chi connectivity index (χ0n) is 9.36. The molecular formula is C10H12F4N2O. The molecule has 0 bridgehead atoms. The van der Waals surface area contributed by atoms with Gasteiger partial charge in [-0.05, 0) is 13.8 Å². The molecule has 1 aromatic heterocycles. The van der Waals surface area contributed by atoms with E-state index in [2.05, 4.69) is 10.3 Å². The maximum Gasteiger partial charge on any atom is 0.253 e. The summed E-state index contributed by atoms with van der Waals surface area (Å²) in [6.45, 7) is 3.89. The highest BCUT2D eigenvalue weighted by molar-refractivity contribution is 5.46. The highest BCUT2D eigenvalue weighted by Gasteiger charge is 2.21. The first-order chi connectivity index (χ1) is 7.97. The normalized spacial score (nSPS) is 12.6. The van der Waals surface area contributed by atoms with Gasteiger partial charge in [-0.3, -0.25) is 0 Å². The fourth-order valence-corrected chi connectivity index (χ4v) is 1.20. The maximum atomic E-state index is 13.2. The molecular weight excluding hydrogens is 240 g/mol. The molecule has 17 heavy (non-hydrogen) atoms. The van der Waals surface area contributed by atoms with Crippen LogP contribution in [0.2, 0.25) is 0 Å². The van der Waals surface area contributed by atoms with Crippen LogP contribution in [0, 0.1) is 23.5 Å². The van der Waals surface area contributed by atoms with Crippen LogP contribution in [0.5, 0.6) is 0 Å². The van der Waals surface area contributed by atoms with Gasteiger partial charge >= 0.3 is 0 Å². The zero-order valence-corrected chi connectivity index (χ0v) is 9.36. The number of pyridine rings is 1. The highest BCUT2D eigenvalue weighted by Crippen LogP contribution is 2.22. The molecule has 1 rings (SSSR count). The van der Waals surface area contributed by atoms with E-state index in [0.29, 0.717) is 6.61 Å². The van der Waals surface area contributed by atoms with Crippen LogP contribution in [0.4, 0.5) is 23.2 Å². The van der Waals surface area contributed by atoms with Gasteiger partial charge in [0.25, 0.3) is 11.9 Å². The lowest BCUT2D eigenvalue weighted by Gasteiger charge is -2.16. The molecule has 1 heterocycles. The van der Waals surface area contributed by atoms with Crippen LogP contribution in [-0.4, -0.2) is 24.2 Å². The number of halogens is 4. The van der Waals surface area contributed by atoms with Gasteiger partial charge in [-0.15, -0.1) is 0 Å². The van der Waals surface area contributed by atoms with Crippen LogP contribution in [0.1, 0.15) is 13.8 Å². The third-order valence-corrected chi connectivity index (χ3v) is 1.96. The summed E-state index contributed by atoms with van der Waals surface area (Å²) >= 11 is 0. The molecule has 0 aliphatic heterocycles. The minimum Gasteiger partial charge on any atom is -0.380 e. The maximum absolute atomic E-state index is 13.2. The summed E-state index contributed by atoms with van der Waals surface area (Å²) in [4.78, 5) is 2.45. The Morgan fingerprint density at radius 1 is 1.18 bits per heavy atom. The van der Waals surface area contributed by atoms with Gasteiger partial charge in [-0.2, -0.15) is 22.5 Å². The monoisotopic (exact) mass is 252 g/mol. The lowest BCUT2D eigenvalue weighted by Crippen LogP contribution is -2.24. The molecule has 0 aliphatic carbocycles. The van der Waals surface area contributed by atoms with E-state index in [-0.39, 0.29) is 6.61 Å². The first-order valence-corrected chi connectivity index (χ1v) is 5.01. The average Bonchev–Trinajstić information content (AvgIpc) is 2.29. The van der Waals surface area contributed by atoms with Crippen molar-refractivity contribution in [2.45, 2.75) is 19.9 Å². The number of hydrogen-bond acceptors (Lipinski definition) is 3. The van der Waals surface area contributed by atoms with Gasteiger partial charge in [0.2, 0.25) is 11.6 Å². The van der Waals surface area contributed by atoms with Gasteiger partial charge < -0.3 is 10.1 Å². The Morgan fingerprint density at radius 2 is 1.71 bits per heavy atom. The molecule has 0 radical (unpaired) electrons. The molecule has 0 fully saturated rings. The second-order valence-electron chi connectivity index (χ2n) is 3.40. The molecule has 0 aliphatic rings. The van der Waals surface area contributed by atoms with Crippen molar-refractivity contribution < 1.29 is 22.3 Å². The summed E-state index contributed by atoms with van der Waals surface area (Å²) in [5.74, 6) is -6.47. The number of nitrogens with one attached hydrogen (secondary N) is 1. The van der Waals surface area contributed by atoms with Crippen LogP contribution in [0.3, 0.4) is 0 Å². The Kier molecular flexibility index (Phi) is 4.68. The summed E-state index contributed by atoms with van der Waals surface area (Å²) in [5.41, 5.74) is -0.873. The van der Waals surface area contributed by atoms with E-state index >= 15 is 0 Å². The topological polar surface area (TPSA) is 34.1 Å². The van der Waals surface area contributed by atoms with E-state index in [1.807, 2.05) is 0 Å². The predicted molar refractivity (Wildman–Crippen MR) is 53.6 cm³/mol. The molecule has 0 aromatic carbocycles. The quantitative estimate of drug-likeness (QED) is 0.645. The van der Waals surface area contributed by atoms with Crippen LogP contribution in [0.25, 0.3) is 0 Å². The second-order valence-corrected chi connectivity index (χ2v) is 3.40. The standard InChI is InChI=1S/C10H12F4N2O/c1-3-17-4-5(2)15-8-6(11)9(13)16-10(14)7(8)12/h5H,3-4H2,1-2H3,(H,15,16). The fourth-order valence-electron chi connectivity index (χ4n) is 1.20. The van der Waals surface area contributed by atoms with Crippen molar-refractivity contribution in [3.63, 3.8) is 0 Å². The van der Waals surface area contributed by atoms with Gasteiger partial charge in [-0.1, -0.05) is 0 Å². The van der Waals surface area contributed by atoms with Crippen molar-refractivity contribution in [3.8, 4) is 0 Å². The van der Waals surface area contributed by atoms with Crippen molar-refractivity contribution >= 4 is 5.69 Å². The van der Waals surface area contributed by atoms with Crippen molar-refractivity contribution in [3.05, 3.63) is 23.5 Å². The van der Waals surface area contributed by atoms with Crippen LogP contribution >= 0.6 is 0 Å². The van der Waals surface area contributed by atoms with E-state index < -0.39 is 35.3 Å². The Morgan fingerprint density at radius 3 is 2.18 bits per heavy atom. The first-order valence-electron chi connectivity index (χ1n) is 5.01. The number of nitrogens with zero attached hydrogens (tertiary/aromatic N) is 1. The van der Waals surface area contributed by atoms with Crippen molar-refractivity contribution in [1.29, 1.82) is 0 Å². The van der Waals surface area contributed by atoms with Gasteiger partial charge in [0, 0.05) is 12.6 Å². The summed E-state index contributed by atoms with van der Waals surface area (Å²) in [6.07, 6.45) is 0. The van der Waals surface area contributed by atoms with E-state index in [9.17, 15) is 17.6 Å². The van der Waals surface area contributed by atoms with Gasteiger partial charge in [0.05, 0.1) is 6.61 Å². The molecule has 3 nitrogen and oxygen atoms in total. The van der Waals surface area contributed by atoms with Crippen LogP contribution < -0.4 is 5.32 Å². The molecule has 1 atom stereocenters. The molecule has 96 valence electrons. The largest absolute Gasteiger partial charge is 0.380 e. The van der Waals surface area contributed by atoms with Gasteiger partial charge in [-0.25, -0.2) is 0 Å². The summed E-state index contributed by atoms with van der Waals surface area (Å²) in [6, 6.07) is -0.500. The third-order valence-electron chi connectivity index (χ3n) is 1.96. The smallest absolute Gasteiger partial charge is 0.253 e. The number of anilines is 1. The van der Waals surface area contributed by atoms with Crippen molar-refractivity contribution in [2.24, 2.45) is 0 Å². The molecule has 7 heteroatoms. The minimum absolute atomic E-state index is 0.154. The Labute approximate surface area is 95.8 Å². The molecule has 1 N–H and O–H groups in total. The second kappa shape index (κ2) is 5.81. The summed E-state index contributed by atoms with van der Waals surface area (Å²) in [5, 5.41) is 2.30. The van der Waals surface area contributed by atoms with Crippen molar-refractivity contribution in [1.82, 2.24) is 4.98 Å². The van der Waals surface area contributed by atoms with E-state index in [1.165, 1.54) is 0 Å². The van der Waals surface area contributed by atoms with Gasteiger partial charge in [0.1, 0.15) is 5.69 Å². The average molecular weight is 252 g/mol. The van der Waals surface area contributed by atoms with Crippen molar-refractivity contribution in [2.75, 3.05) is 18.5 Å². The number of hydrogen-bond donors (Lipinski definition) is 1. The molecule has 0 amide bonds. The van der Waals surface area contributed by atoms with E-state index in [0.717, 1.165) is 0 Å². The number of rotatable bonds is 5. The highest BCUT2D eigenvalue weighted by atomic mass is 19.2. The SMILES string of the molecule is CCOCC(C)Nc1c(F)c(F)nc(F)c1F. The number of ether oxygens (including phenoxy) is 1. The lowest BCUT2D eigenvalue weighted by atomic mass is 10.3. The molecule has 0 saturated heterocycles. The zero-order chi connectivity index (χ0) is 13.0. The van der Waals surface area contributed by atoms with Crippen LogP contribution in [-0.2, 0) is 4.74 Å². The minimum atomic E-state index is -1.69.